The fourth-order valence-electron chi connectivity index (χ4n) is 3.58. The van der Waals surface area contributed by atoms with Crippen LogP contribution in [-0.4, -0.2) is 55.3 Å². The summed E-state index contributed by atoms with van der Waals surface area (Å²) in [4.78, 5) is 16.7. The molecule has 0 radical (unpaired) electrons. The van der Waals surface area contributed by atoms with Crippen LogP contribution in [0, 0.1) is 0 Å². The predicted octanol–water partition coefficient (Wildman–Crippen LogP) is 5.94. The maximum atomic E-state index is 5.20. The lowest BCUT2D eigenvalue weighted by atomic mass is 10.1. The van der Waals surface area contributed by atoms with Gasteiger partial charge >= 0.3 is 0 Å². The molecular formula is C29H39N7O3. The van der Waals surface area contributed by atoms with Gasteiger partial charge in [-0.2, -0.15) is 0 Å². The quantitative estimate of drug-likeness (QED) is 0.264. The van der Waals surface area contributed by atoms with Gasteiger partial charge in [0.2, 0.25) is 17.6 Å². The van der Waals surface area contributed by atoms with Crippen molar-refractivity contribution in [2.75, 3.05) is 21.3 Å². The van der Waals surface area contributed by atoms with Crippen LogP contribution < -0.4 is 14.2 Å². The highest BCUT2D eigenvalue weighted by molar-refractivity contribution is 5.44. The lowest BCUT2D eigenvalue weighted by Crippen LogP contribution is -2.00. The van der Waals surface area contributed by atoms with Crippen LogP contribution in [0.5, 0.6) is 17.6 Å². The first kappa shape index (κ1) is 29.3. The molecule has 0 aliphatic rings. The van der Waals surface area contributed by atoms with E-state index in [2.05, 4.69) is 78.8 Å². The Hall–Kier alpha value is -4.21. The Balaban J connectivity index is 0.000000163. The van der Waals surface area contributed by atoms with E-state index in [0.717, 1.165) is 28.6 Å². The van der Waals surface area contributed by atoms with E-state index in [1.165, 1.54) is 5.56 Å². The summed E-state index contributed by atoms with van der Waals surface area (Å²) in [6.45, 7) is 12.7. The summed E-state index contributed by atoms with van der Waals surface area (Å²) in [7, 11) is 4.86. The van der Waals surface area contributed by atoms with E-state index in [1.807, 2.05) is 33.3 Å². The maximum Gasteiger partial charge on any atom is 0.232 e. The van der Waals surface area contributed by atoms with Gasteiger partial charge < -0.3 is 14.2 Å². The van der Waals surface area contributed by atoms with Gasteiger partial charge in [0.15, 0.2) is 5.65 Å². The molecule has 0 aliphatic carbocycles. The average molecular weight is 534 g/mol. The first-order chi connectivity index (χ1) is 18.7. The van der Waals surface area contributed by atoms with Gasteiger partial charge in [-0.1, -0.05) is 47.6 Å². The van der Waals surface area contributed by atoms with Crippen molar-refractivity contribution >= 4 is 11.3 Å². The zero-order valence-corrected chi connectivity index (χ0v) is 24.3. The van der Waals surface area contributed by atoms with Crippen LogP contribution in [0.15, 0.2) is 55.2 Å². The van der Waals surface area contributed by atoms with Crippen molar-refractivity contribution in [1.82, 2.24) is 34.0 Å². The highest BCUT2D eigenvalue weighted by atomic mass is 16.5. The molecule has 0 saturated heterocycles. The second kappa shape index (κ2) is 13.5. The number of pyridine rings is 1. The summed E-state index contributed by atoms with van der Waals surface area (Å²) in [6, 6.07) is 7.83. The van der Waals surface area contributed by atoms with Crippen molar-refractivity contribution in [3.63, 3.8) is 0 Å². The summed E-state index contributed by atoms with van der Waals surface area (Å²) in [5.41, 5.74) is 5.12. The van der Waals surface area contributed by atoms with Crippen LogP contribution >= 0.6 is 0 Å². The first-order valence-electron chi connectivity index (χ1n) is 12.9. The number of fused-ring (bicyclic) bond motifs is 2. The van der Waals surface area contributed by atoms with E-state index in [9.17, 15) is 0 Å². The number of hydrogen-bond donors (Lipinski definition) is 0. The Morgan fingerprint density at radius 3 is 1.97 bits per heavy atom. The zero-order chi connectivity index (χ0) is 28.5. The summed E-state index contributed by atoms with van der Waals surface area (Å²) >= 11 is 0. The molecule has 0 bridgehead atoms. The molecule has 0 N–H and O–H groups in total. The molecule has 5 rings (SSSR count). The van der Waals surface area contributed by atoms with E-state index in [-0.39, 0.29) is 0 Å². The average Bonchev–Trinajstić information content (AvgIpc) is 3.57. The van der Waals surface area contributed by atoms with Crippen molar-refractivity contribution in [1.29, 1.82) is 0 Å². The zero-order valence-electron chi connectivity index (χ0n) is 24.3. The second-order valence-electron chi connectivity index (χ2n) is 9.77. The Bertz CT molecular complexity index is 1470. The Labute approximate surface area is 230 Å². The summed E-state index contributed by atoms with van der Waals surface area (Å²) < 4.78 is 19.0. The van der Waals surface area contributed by atoms with Gasteiger partial charge in [-0.25, -0.2) is 19.5 Å². The molecule has 10 heteroatoms. The molecule has 0 fully saturated rings. The van der Waals surface area contributed by atoms with Crippen LogP contribution in [0.3, 0.4) is 0 Å². The van der Waals surface area contributed by atoms with Gasteiger partial charge in [-0.05, 0) is 35.4 Å². The molecule has 0 saturated carbocycles. The van der Waals surface area contributed by atoms with E-state index in [4.69, 9.17) is 14.2 Å². The minimum absolute atomic E-state index is 0.401. The van der Waals surface area contributed by atoms with Crippen LogP contribution in [0.4, 0.5) is 0 Å². The highest BCUT2D eigenvalue weighted by Gasteiger charge is 2.09. The minimum Gasteiger partial charge on any atom is -0.481 e. The van der Waals surface area contributed by atoms with E-state index >= 15 is 0 Å². The van der Waals surface area contributed by atoms with Crippen molar-refractivity contribution in [2.24, 2.45) is 0 Å². The molecular weight excluding hydrogens is 494 g/mol. The van der Waals surface area contributed by atoms with Crippen molar-refractivity contribution < 1.29 is 14.2 Å². The molecule has 5 aromatic rings. The predicted molar refractivity (Wildman–Crippen MR) is 152 cm³/mol. The standard InChI is InChI=1S/C11H14N2O.C10H13N3O.C8H12N2O/c1-8(2)9-4-5-10-12-6-11(14-3)13(10)7-9;1-7(2)8-6-11-9-4-5-10(14-3)12-13(8)9;1-6(2)7-4-9-5-8(10-7)11-3/h4-8H,1-3H3;4-7H,1-3H3;4-6H,1-3H3. The van der Waals surface area contributed by atoms with Crippen LogP contribution in [0.1, 0.15) is 76.2 Å². The molecule has 0 amide bonds. The highest BCUT2D eigenvalue weighted by Crippen LogP contribution is 2.20. The number of rotatable bonds is 6. The molecule has 39 heavy (non-hydrogen) atoms. The molecule has 208 valence electrons. The third-order valence-electron chi connectivity index (χ3n) is 5.97. The Morgan fingerprint density at radius 1 is 0.667 bits per heavy atom. The summed E-state index contributed by atoms with van der Waals surface area (Å²) in [5.74, 6) is 3.30. The SMILES string of the molecule is COc1ccc2ncc(C(C)C)n2n1.COc1cnc2ccc(C(C)C)cn12.COc1cncc(C(C)C)n1. The van der Waals surface area contributed by atoms with Crippen molar-refractivity contribution in [2.45, 2.75) is 59.3 Å². The molecule has 5 heterocycles. The molecule has 0 spiro atoms. The lowest BCUT2D eigenvalue weighted by molar-refractivity contribution is 0.389. The smallest absolute Gasteiger partial charge is 0.232 e. The number of ether oxygens (including phenoxy) is 3. The number of methoxy groups -OCH3 is 3. The third kappa shape index (κ3) is 7.43. The molecule has 0 atom stereocenters. The summed E-state index contributed by atoms with van der Waals surface area (Å²) in [5, 5.41) is 4.31. The monoisotopic (exact) mass is 533 g/mol. The van der Waals surface area contributed by atoms with Crippen LogP contribution in [-0.2, 0) is 0 Å². The van der Waals surface area contributed by atoms with Crippen molar-refractivity contribution in [3.05, 3.63) is 72.2 Å². The topological polar surface area (TPSA) is 101 Å². The molecule has 0 aromatic carbocycles. The fraction of sp³-hybridized carbons (Fsp3) is 0.414. The third-order valence-corrected chi connectivity index (χ3v) is 5.97. The second-order valence-corrected chi connectivity index (χ2v) is 9.77. The largest absolute Gasteiger partial charge is 0.481 e. The van der Waals surface area contributed by atoms with E-state index in [1.54, 1.807) is 39.9 Å². The van der Waals surface area contributed by atoms with E-state index in [0.29, 0.717) is 29.5 Å². The summed E-state index contributed by atoms with van der Waals surface area (Å²) in [6.07, 6.45) is 9.02. The van der Waals surface area contributed by atoms with E-state index < -0.39 is 0 Å². The Morgan fingerprint density at radius 2 is 1.36 bits per heavy atom. The molecule has 0 aliphatic heterocycles. The first-order valence-corrected chi connectivity index (χ1v) is 12.9. The fourth-order valence-corrected chi connectivity index (χ4v) is 3.58. The van der Waals surface area contributed by atoms with Gasteiger partial charge in [-0.3, -0.25) is 9.38 Å². The lowest BCUT2D eigenvalue weighted by Gasteiger charge is -2.06. The van der Waals surface area contributed by atoms with Crippen LogP contribution in [0.2, 0.25) is 0 Å². The molecule has 10 nitrogen and oxygen atoms in total. The van der Waals surface area contributed by atoms with Gasteiger partial charge in [-0.15, -0.1) is 5.10 Å². The number of aromatic nitrogens is 7. The molecule has 0 unspecified atom stereocenters. The van der Waals surface area contributed by atoms with Crippen molar-refractivity contribution in [3.8, 4) is 17.6 Å². The number of nitrogens with zero attached hydrogens (tertiary/aromatic N) is 7. The molecule has 5 aromatic heterocycles. The van der Waals surface area contributed by atoms with Gasteiger partial charge in [0, 0.05) is 18.5 Å². The number of imidazole rings is 2. The Kier molecular flexibility index (Phi) is 10.2. The maximum absolute atomic E-state index is 5.20. The van der Waals surface area contributed by atoms with Gasteiger partial charge in [0.25, 0.3) is 0 Å². The normalized spacial score (nSPS) is 10.9. The number of hydrogen-bond acceptors (Lipinski definition) is 8. The van der Waals surface area contributed by atoms with Gasteiger partial charge in [0.05, 0.1) is 51.3 Å². The van der Waals surface area contributed by atoms with Crippen LogP contribution in [0.25, 0.3) is 11.3 Å². The minimum atomic E-state index is 0.401. The van der Waals surface area contributed by atoms with Gasteiger partial charge in [0.1, 0.15) is 5.65 Å².